The zero-order valence-corrected chi connectivity index (χ0v) is 15.7. The SMILES string of the molecule is COc1ccc(-c2nc(SCC(=O)N3C(C)CCCC3C)n[nH]2)cc1. The minimum absolute atomic E-state index is 0.167. The highest BCUT2D eigenvalue weighted by Gasteiger charge is 2.28. The molecule has 2 aromatic rings. The Morgan fingerprint density at radius 3 is 2.60 bits per heavy atom. The normalized spacial score (nSPS) is 20.5. The first kappa shape index (κ1) is 17.8. The summed E-state index contributed by atoms with van der Waals surface area (Å²) in [5.41, 5.74) is 0.935. The average molecular weight is 360 g/mol. The third kappa shape index (κ3) is 4.15. The van der Waals surface area contributed by atoms with Gasteiger partial charge in [-0.25, -0.2) is 4.98 Å². The van der Waals surface area contributed by atoms with E-state index in [1.165, 1.54) is 18.2 Å². The molecule has 3 rings (SSSR count). The van der Waals surface area contributed by atoms with Crippen LogP contribution in [0.2, 0.25) is 0 Å². The summed E-state index contributed by atoms with van der Waals surface area (Å²) in [5.74, 6) is 2.03. The minimum Gasteiger partial charge on any atom is -0.497 e. The van der Waals surface area contributed by atoms with Crippen molar-refractivity contribution in [1.29, 1.82) is 0 Å². The molecular weight excluding hydrogens is 336 g/mol. The number of amides is 1. The van der Waals surface area contributed by atoms with Gasteiger partial charge in [-0.3, -0.25) is 9.89 Å². The van der Waals surface area contributed by atoms with Gasteiger partial charge in [-0.2, -0.15) is 0 Å². The number of nitrogens with zero attached hydrogens (tertiary/aromatic N) is 3. The molecule has 2 atom stereocenters. The smallest absolute Gasteiger partial charge is 0.233 e. The van der Waals surface area contributed by atoms with Gasteiger partial charge in [0, 0.05) is 17.6 Å². The van der Waals surface area contributed by atoms with Gasteiger partial charge in [-0.15, -0.1) is 5.10 Å². The Bertz CT molecular complexity index is 706. The second kappa shape index (κ2) is 7.91. The van der Waals surface area contributed by atoms with E-state index in [0.717, 1.165) is 24.2 Å². The highest BCUT2D eigenvalue weighted by molar-refractivity contribution is 7.99. The van der Waals surface area contributed by atoms with Crippen molar-refractivity contribution in [3.8, 4) is 17.1 Å². The molecule has 134 valence electrons. The van der Waals surface area contributed by atoms with Crippen LogP contribution in [0.5, 0.6) is 5.75 Å². The van der Waals surface area contributed by atoms with Crippen LogP contribution in [0.15, 0.2) is 29.4 Å². The topological polar surface area (TPSA) is 71.1 Å². The van der Waals surface area contributed by atoms with E-state index in [4.69, 9.17) is 4.74 Å². The lowest BCUT2D eigenvalue weighted by atomic mass is 9.98. The summed E-state index contributed by atoms with van der Waals surface area (Å²) in [6.07, 6.45) is 3.37. The fourth-order valence-electron chi connectivity index (χ4n) is 3.30. The van der Waals surface area contributed by atoms with Crippen LogP contribution in [0.3, 0.4) is 0 Å². The first-order chi connectivity index (χ1) is 12.1. The predicted molar refractivity (Wildman–Crippen MR) is 98.7 cm³/mol. The maximum Gasteiger partial charge on any atom is 0.233 e. The Kier molecular flexibility index (Phi) is 5.63. The molecule has 1 amide bonds. The number of nitrogens with one attached hydrogen (secondary N) is 1. The van der Waals surface area contributed by atoms with E-state index in [-0.39, 0.29) is 5.91 Å². The van der Waals surface area contributed by atoms with Crippen LogP contribution in [0.4, 0.5) is 0 Å². The van der Waals surface area contributed by atoms with E-state index in [2.05, 4.69) is 29.0 Å². The molecule has 1 saturated heterocycles. The summed E-state index contributed by atoms with van der Waals surface area (Å²) in [5, 5.41) is 7.74. The van der Waals surface area contributed by atoms with Crippen molar-refractivity contribution in [2.45, 2.75) is 50.4 Å². The average Bonchev–Trinajstić information content (AvgIpc) is 3.09. The number of aromatic amines is 1. The van der Waals surface area contributed by atoms with Gasteiger partial charge in [0.25, 0.3) is 0 Å². The van der Waals surface area contributed by atoms with Crippen LogP contribution in [-0.2, 0) is 4.79 Å². The number of carbonyl (C=O) groups is 1. The molecule has 0 saturated carbocycles. The maximum atomic E-state index is 12.6. The van der Waals surface area contributed by atoms with Gasteiger partial charge < -0.3 is 9.64 Å². The van der Waals surface area contributed by atoms with Crippen molar-refractivity contribution in [2.75, 3.05) is 12.9 Å². The molecule has 1 N–H and O–H groups in total. The predicted octanol–water partition coefficient (Wildman–Crippen LogP) is 3.36. The fourth-order valence-corrected chi connectivity index (χ4v) is 3.97. The number of hydrogen-bond donors (Lipinski definition) is 1. The molecular formula is C18H24N4O2S. The number of thioether (sulfide) groups is 1. The van der Waals surface area contributed by atoms with Gasteiger partial charge in [0.1, 0.15) is 5.75 Å². The monoisotopic (exact) mass is 360 g/mol. The van der Waals surface area contributed by atoms with Gasteiger partial charge in [0.15, 0.2) is 5.82 Å². The van der Waals surface area contributed by atoms with Crippen LogP contribution >= 0.6 is 11.8 Å². The highest BCUT2D eigenvalue weighted by Crippen LogP contribution is 2.25. The number of carbonyl (C=O) groups excluding carboxylic acids is 1. The minimum atomic E-state index is 0.167. The summed E-state index contributed by atoms with van der Waals surface area (Å²) in [4.78, 5) is 19.1. The third-order valence-electron chi connectivity index (χ3n) is 4.63. The zero-order valence-electron chi connectivity index (χ0n) is 14.9. The number of hydrogen-bond acceptors (Lipinski definition) is 5. The lowest BCUT2D eigenvalue weighted by molar-refractivity contribution is -0.134. The van der Waals surface area contributed by atoms with E-state index < -0.39 is 0 Å². The number of rotatable bonds is 5. The summed E-state index contributed by atoms with van der Waals surface area (Å²) in [6.45, 7) is 4.26. The van der Waals surface area contributed by atoms with Crippen molar-refractivity contribution < 1.29 is 9.53 Å². The molecule has 2 heterocycles. The van der Waals surface area contributed by atoms with Crippen molar-refractivity contribution in [1.82, 2.24) is 20.1 Å². The van der Waals surface area contributed by atoms with E-state index in [1.807, 2.05) is 29.2 Å². The number of aromatic nitrogens is 3. The van der Waals surface area contributed by atoms with Crippen LogP contribution in [0.25, 0.3) is 11.4 Å². The number of benzene rings is 1. The first-order valence-corrected chi connectivity index (χ1v) is 9.58. The lowest BCUT2D eigenvalue weighted by Gasteiger charge is -2.39. The summed E-state index contributed by atoms with van der Waals surface area (Å²) in [7, 11) is 1.64. The molecule has 1 fully saturated rings. The Balaban J connectivity index is 1.60. The molecule has 7 heteroatoms. The molecule has 1 aliphatic rings. The van der Waals surface area contributed by atoms with Gasteiger partial charge in [-0.05, 0) is 57.4 Å². The molecule has 1 aliphatic heterocycles. The molecule has 1 aromatic carbocycles. The molecule has 0 spiro atoms. The summed E-state index contributed by atoms with van der Waals surface area (Å²) in [6, 6.07) is 8.25. The van der Waals surface area contributed by atoms with Crippen LogP contribution in [-0.4, -0.2) is 50.9 Å². The van der Waals surface area contributed by atoms with Gasteiger partial charge in [-0.1, -0.05) is 11.8 Å². The number of piperidine rings is 1. The number of likely N-dealkylation sites (tertiary alicyclic amines) is 1. The Hall–Kier alpha value is -2.02. The van der Waals surface area contributed by atoms with Crippen LogP contribution in [0.1, 0.15) is 33.1 Å². The summed E-state index contributed by atoms with van der Waals surface area (Å²) < 4.78 is 5.16. The van der Waals surface area contributed by atoms with Crippen LogP contribution in [0, 0.1) is 0 Å². The van der Waals surface area contributed by atoms with Gasteiger partial charge in [0.05, 0.1) is 12.9 Å². The molecule has 2 unspecified atom stereocenters. The molecule has 25 heavy (non-hydrogen) atoms. The highest BCUT2D eigenvalue weighted by atomic mass is 32.2. The Morgan fingerprint density at radius 2 is 1.96 bits per heavy atom. The van der Waals surface area contributed by atoms with Crippen molar-refractivity contribution in [3.05, 3.63) is 24.3 Å². The Morgan fingerprint density at radius 1 is 1.28 bits per heavy atom. The largest absolute Gasteiger partial charge is 0.497 e. The molecule has 6 nitrogen and oxygen atoms in total. The first-order valence-electron chi connectivity index (χ1n) is 8.59. The van der Waals surface area contributed by atoms with Crippen molar-refractivity contribution >= 4 is 17.7 Å². The quantitative estimate of drug-likeness (QED) is 0.828. The van der Waals surface area contributed by atoms with Crippen molar-refractivity contribution in [3.63, 3.8) is 0 Å². The van der Waals surface area contributed by atoms with Crippen molar-refractivity contribution in [2.24, 2.45) is 0 Å². The second-order valence-electron chi connectivity index (χ2n) is 6.41. The van der Waals surface area contributed by atoms with E-state index in [0.29, 0.717) is 28.8 Å². The Labute approximate surface area is 152 Å². The standard InChI is InChI=1S/C18H24N4O2S/c1-12-5-4-6-13(2)22(12)16(23)11-25-18-19-17(20-21-18)14-7-9-15(24-3)10-8-14/h7-10,12-13H,4-6,11H2,1-3H3,(H,19,20,21). The van der Waals surface area contributed by atoms with Crippen LogP contribution < -0.4 is 4.74 Å². The maximum absolute atomic E-state index is 12.6. The number of methoxy groups -OCH3 is 1. The number of ether oxygens (including phenoxy) is 1. The summed E-state index contributed by atoms with van der Waals surface area (Å²) >= 11 is 1.38. The molecule has 0 bridgehead atoms. The third-order valence-corrected chi connectivity index (χ3v) is 5.47. The van der Waals surface area contributed by atoms with E-state index in [1.54, 1.807) is 7.11 Å². The van der Waals surface area contributed by atoms with Gasteiger partial charge in [0.2, 0.25) is 11.1 Å². The van der Waals surface area contributed by atoms with E-state index >= 15 is 0 Å². The molecule has 0 aliphatic carbocycles. The number of H-pyrrole nitrogens is 1. The lowest BCUT2D eigenvalue weighted by Crippen LogP contribution is -2.48. The second-order valence-corrected chi connectivity index (χ2v) is 7.36. The van der Waals surface area contributed by atoms with Gasteiger partial charge >= 0.3 is 0 Å². The molecule has 0 radical (unpaired) electrons. The zero-order chi connectivity index (χ0) is 17.8. The molecule has 1 aromatic heterocycles. The fraction of sp³-hybridized carbons (Fsp3) is 0.500. The van der Waals surface area contributed by atoms with E-state index in [9.17, 15) is 4.79 Å².